The van der Waals surface area contributed by atoms with Crippen molar-refractivity contribution in [3.8, 4) is 0 Å². The molecule has 3 amide bonds. The number of hydrogen-bond donors (Lipinski definition) is 1. The first-order chi connectivity index (χ1) is 15.5. The molecule has 2 unspecified atom stereocenters. The summed E-state index contributed by atoms with van der Waals surface area (Å²) in [5.41, 5.74) is 0. The molecule has 2 aromatic rings. The lowest BCUT2D eigenvalue weighted by molar-refractivity contribution is -0.138. The van der Waals surface area contributed by atoms with Gasteiger partial charge in [0.2, 0.25) is 11.8 Å². The van der Waals surface area contributed by atoms with Crippen LogP contribution < -0.4 is 5.32 Å². The zero-order valence-electron chi connectivity index (χ0n) is 18.5. The van der Waals surface area contributed by atoms with E-state index in [9.17, 15) is 14.4 Å². The van der Waals surface area contributed by atoms with E-state index >= 15 is 0 Å². The minimum Gasteiger partial charge on any atom is -0.338 e. The molecule has 2 fully saturated rings. The summed E-state index contributed by atoms with van der Waals surface area (Å²) in [4.78, 5) is 47.2. The summed E-state index contributed by atoms with van der Waals surface area (Å²) in [6, 6.07) is 6.93. The Morgan fingerprint density at radius 2 is 1.84 bits per heavy atom. The van der Waals surface area contributed by atoms with Gasteiger partial charge in [-0.3, -0.25) is 14.4 Å². The smallest absolute Gasteiger partial charge is 0.264 e. The number of likely N-dealkylation sites (tertiary alicyclic amines) is 1. The largest absolute Gasteiger partial charge is 0.338 e. The monoisotopic (exact) mass is 474 g/mol. The quantitative estimate of drug-likeness (QED) is 0.698. The number of thiophene rings is 2. The van der Waals surface area contributed by atoms with Crippen LogP contribution in [-0.2, 0) is 16.1 Å². The van der Waals surface area contributed by atoms with Gasteiger partial charge in [0.1, 0.15) is 6.04 Å². The molecule has 0 radical (unpaired) electrons. The second kappa shape index (κ2) is 10.1. The van der Waals surface area contributed by atoms with E-state index in [4.69, 9.17) is 0 Å². The zero-order chi connectivity index (χ0) is 22.7. The molecule has 172 valence electrons. The van der Waals surface area contributed by atoms with Crippen molar-refractivity contribution < 1.29 is 14.4 Å². The van der Waals surface area contributed by atoms with E-state index in [2.05, 4.69) is 5.32 Å². The lowest BCUT2D eigenvalue weighted by atomic mass is 10.1. The van der Waals surface area contributed by atoms with Gasteiger partial charge in [0.15, 0.2) is 0 Å². The second-order valence-corrected chi connectivity index (χ2v) is 10.6. The van der Waals surface area contributed by atoms with E-state index in [1.54, 1.807) is 22.3 Å². The molecular formula is C23H30N4O3S2. The van der Waals surface area contributed by atoms with E-state index in [0.29, 0.717) is 37.5 Å². The van der Waals surface area contributed by atoms with Crippen LogP contribution in [0.4, 0.5) is 0 Å². The van der Waals surface area contributed by atoms with Gasteiger partial charge in [-0.2, -0.15) is 0 Å². The fraction of sp³-hybridized carbons (Fsp3) is 0.522. The summed E-state index contributed by atoms with van der Waals surface area (Å²) in [5, 5.41) is 7.15. The highest BCUT2D eigenvalue weighted by Gasteiger charge is 2.45. The van der Waals surface area contributed by atoms with Crippen molar-refractivity contribution in [3.63, 3.8) is 0 Å². The van der Waals surface area contributed by atoms with Gasteiger partial charge in [-0.15, -0.1) is 22.7 Å². The number of carbonyl (C=O) groups excluding carboxylic acids is 3. The van der Waals surface area contributed by atoms with Crippen LogP contribution in [0, 0.1) is 5.92 Å². The normalized spacial score (nSPS) is 21.2. The molecule has 0 bridgehead atoms. The summed E-state index contributed by atoms with van der Waals surface area (Å²) >= 11 is 3.01. The molecule has 2 saturated heterocycles. The van der Waals surface area contributed by atoms with Gasteiger partial charge < -0.3 is 20.0 Å². The fourth-order valence-electron chi connectivity index (χ4n) is 4.42. The van der Waals surface area contributed by atoms with Crippen LogP contribution in [0.5, 0.6) is 0 Å². The molecular weight excluding hydrogens is 444 g/mol. The summed E-state index contributed by atoms with van der Waals surface area (Å²) in [5.74, 6) is -0.224. The third kappa shape index (κ3) is 4.89. The van der Waals surface area contributed by atoms with E-state index in [1.807, 2.05) is 52.6 Å². The number of nitrogens with one attached hydrogen (secondary N) is 1. The molecule has 1 N–H and O–H groups in total. The first-order valence-electron chi connectivity index (χ1n) is 11.1. The third-order valence-electron chi connectivity index (χ3n) is 6.11. The number of nitrogens with zero attached hydrogens (tertiary/aromatic N) is 3. The predicted octanol–water partition coefficient (Wildman–Crippen LogP) is 2.51. The van der Waals surface area contributed by atoms with Crippen molar-refractivity contribution >= 4 is 40.4 Å². The van der Waals surface area contributed by atoms with Crippen molar-refractivity contribution in [2.45, 2.75) is 38.9 Å². The Morgan fingerprint density at radius 3 is 2.47 bits per heavy atom. The van der Waals surface area contributed by atoms with E-state index in [-0.39, 0.29) is 29.7 Å². The van der Waals surface area contributed by atoms with Crippen molar-refractivity contribution in [2.75, 3.05) is 32.7 Å². The molecule has 2 aromatic heterocycles. The van der Waals surface area contributed by atoms with Gasteiger partial charge in [-0.05, 0) is 29.3 Å². The SMILES string of the molecule is CC(C)C(=O)N(Cc1cccs1)C1CC(C(=O)N2CCNCC2)N(C(=O)c2cccs2)C1. The summed E-state index contributed by atoms with van der Waals surface area (Å²) in [6.07, 6.45) is 0.476. The maximum absolute atomic E-state index is 13.5. The molecule has 4 rings (SSSR count). The Hall–Kier alpha value is -2.23. The van der Waals surface area contributed by atoms with Gasteiger partial charge in [0.25, 0.3) is 5.91 Å². The molecule has 2 aliphatic rings. The molecule has 2 atom stereocenters. The maximum Gasteiger partial charge on any atom is 0.264 e. The number of amides is 3. The molecule has 0 spiro atoms. The molecule has 0 aliphatic carbocycles. The third-order valence-corrected chi connectivity index (χ3v) is 7.83. The summed E-state index contributed by atoms with van der Waals surface area (Å²) in [7, 11) is 0. The predicted molar refractivity (Wildman–Crippen MR) is 127 cm³/mol. The van der Waals surface area contributed by atoms with Crippen molar-refractivity contribution in [1.29, 1.82) is 0 Å². The van der Waals surface area contributed by atoms with Crippen LogP contribution in [0.3, 0.4) is 0 Å². The summed E-state index contributed by atoms with van der Waals surface area (Å²) < 4.78 is 0. The molecule has 7 nitrogen and oxygen atoms in total. The highest BCUT2D eigenvalue weighted by atomic mass is 32.1. The molecule has 32 heavy (non-hydrogen) atoms. The summed E-state index contributed by atoms with van der Waals surface area (Å²) in [6.45, 7) is 7.50. The van der Waals surface area contributed by atoms with Gasteiger partial charge in [0.05, 0.1) is 17.5 Å². The van der Waals surface area contributed by atoms with Crippen LogP contribution in [0.2, 0.25) is 0 Å². The topological polar surface area (TPSA) is 73.0 Å². The van der Waals surface area contributed by atoms with E-state index < -0.39 is 6.04 Å². The van der Waals surface area contributed by atoms with Crippen molar-refractivity contribution in [1.82, 2.24) is 20.0 Å². The second-order valence-electron chi connectivity index (χ2n) is 8.62. The average Bonchev–Trinajstić information content (AvgIpc) is 3.58. The van der Waals surface area contributed by atoms with Gasteiger partial charge in [-0.25, -0.2) is 0 Å². The lowest BCUT2D eigenvalue weighted by Crippen LogP contribution is -2.53. The van der Waals surface area contributed by atoms with Crippen molar-refractivity contribution in [2.24, 2.45) is 5.92 Å². The van der Waals surface area contributed by atoms with Gasteiger partial charge in [-0.1, -0.05) is 26.0 Å². The Balaban J connectivity index is 1.61. The number of rotatable bonds is 6. The Labute approximate surface area is 197 Å². The molecule has 2 aliphatic heterocycles. The number of hydrogen-bond acceptors (Lipinski definition) is 6. The minimum atomic E-state index is -0.543. The standard InChI is InChI=1S/C23H30N4O3S2/c1-16(2)21(28)26(15-18-5-3-11-31-18)17-13-19(22(29)25-9-7-24-8-10-25)27(14-17)23(30)20-6-4-12-32-20/h3-6,11-12,16-17,19,24H,7-10,13-15H2,1-2H3. The first kappa shape index (κ1) is 22.9. The van der Waals surface area contributed by atoms with Crippen LogP contribution in [0.1, 0.15) is 34.8 Å². The Bertz CT molecular complexity index is 923. The van der Waals surface area contributed by atoms with Gasteiger partial charge >= 0.3 is 0 Å². The number of carbonyl (C=O) groups is 3. The minimum absolute atomic E-state index is 0.00743. The van der Waals surface area contributed by atoms with Gasteiger partial charge in [0, 0.05) is 43.5 Å². The maximum atomic E-state index is 13.5. The van der Waals surface area contributed by atoms with Crippen LogP contribution in [0.25, 0.3) is 0 Å². The van der Waals surface area contributed by atoms with Crippen LogP contribution in [-0.4, -0.2) is 77.2 Å². The average molecular weight is 475 g/mol. The molecule has 4 heterocycles. The molecule has 0 saturated carbocycles. The fourth-order valence-corrected chi connectivity index (χ4v) is 5.81. The molecule has 9 heteroatoms. The van der Waals surface area contributed by atoms with Crippen molar-refractivity contribution in [3.05, 3.63) is 44.8 Å². The Kier molecular flexibility index (Phi) is 7.27. The number of piperazine rings is 1. The van der Waals surface area contributed by atoms with Crippen LogP contribution in [0.15, 0.2) is 35.0 Å². The van der Waals surface area contributed by atoms with E-state index in [0.717, 1.165) is 18.0 Å². The Morgan fingerprint density at radius 1 is 1.12 bits per heavy atom. The first-order valence-corrected chi connectivity index (χ1v) is 12.9. The van der Waals surface area contributed by atoms with Crippen LogP contribution >= 0.6 is 22.7 Å². The highest BCUT2D eigenvalue weighted by molar-refractivity contribution is 7.12. The lowest BCUT2D eigenvalue weighted by Gasteiger charge is -2.32. The van der Waals surface area contributed by atoms with E-state index in [1.165, 1.54) is 11.3 Å². The highest BCUT2D eigenvalue weighted by Crippen LogP contribution is 2.29. The zero-order valence-corrected chi connectivity index (χ0v) is 20.2. The molecule has 0 aromatic carbocycles.